The summed E-state index contributed by atoms with van der Waals surface area (Å²) in [4.78, 5) is 31.0. The first-order chi connectivity index (χ1) is 7.43. The largest absolute Gasteiger partial charge is 0.480 e. The highest BCUT2D eigenvalue weighted by Gasteiger charge is 2.10. The number of carboxylic acid groups (broad SMARTS) is 1. The van der Waals surface area contributed by atoms with E-state index in [-0.39, 0.29) is 13.0 Å². The van der Waals surface area contributed by atoms with Crippen LogP contribution in [-0.2, 0) is 14.4 Å². The first-order valence-electron chi connectivity index (χ1n) is 4.57. The van der Waals surface area contributed by atoms with Gasteiger partial charge in [0, 0.05) is 18.7 Å². The number of hydrogen-bond acceptors (Lipinski definition) is 4. The molecule has 0 rings (SSSR count). The number of rotatable bonds is 7. The summed E-state index contributed by atoms with van der Waals surface area (Å²) in [5.41, 5.74) is 5.21. The van der Waals surface area contributed by atoms with Gasteiger partial charge in [-0.1, -0.05) is 0 Å². The van der Waals surface area contributed by atoms with Crippen molar-refractivity contribution in [2.75, 3.05) is 6.54 Å². The van der Waals surface area contributed by atoms with Crippen molar-refractivity contribution < 1.29 is 23.9 Å². The second-order valence-electron chi connectivity index (χ2n) is 3.02. The van der Waals surface area contributed by atoms with Crippen LogP contribution in [0.25, 0.3) is 0 Å². The zero-order valence-electron chi connectivity index (χ0n) is 8.48. The highest BCUT2D eigenvalue weighted by atomic mass is 19.1. The van der Waals surface area contributed by atoms with Crippen LogP contribution in [0.4, 0.5) is 4.39 Å². The van der Waals surface area contributed by atoms with Crippen LogP contribution in [0.5, 0.6) is 0 Å². The van der Waals surface area contributed by atoms with Gasteiger partial charge in [0.25, 0.3) is 0 Å². The van der Waals surface area contributed by atoms with Crippen molar-refractivity contribution in [1.29, 1.82) is 0 Å². The minimum atomic E-state index is -1.71. The Morgan fingerprint density at radius 3 is 2.50 bits per heavy atom. The molecule has 0 saturated heterocycles. The van der Waals surface area contributed by atoms with Crippen molar-refractivity contribution in [1.82, 2.24) is 5.32 Å². The average Bonchev–Trinajstić information content (AvgIpc) is 2.20. The van der Waals surface area contributed by atoms with E-state index in [1.165, 1.54) is 0 Å². The molecule has 0 aliphatic heterocycles. The fourth-order valence-corrected chi connectivity index (χ4v) is 0.857. The molecule has 7 heteroatoms. The van der Waals surface area contributed by atoms with E-state index in [0.29, 0.717) is 12.5 Å². The minimum Gasteiger partial charge on any atom is -0.480 e. The lowest BCUT2D eigenvalue weighted by atomic mass is 10.2. The maximum absolute atomic E-state index is 11.7. The summed E-state index contributed by atoms with van der Waals surface area (Å²) in [6, 6.07) is -2.66. The van der Waals surface area contributed by atoms with E-state index in [1.807, 2.05) is 0 Å². The van der Waals surface area contributed by atoms with Crippen LogP contribution in [0.3, 0.4) is 0 Å². The second-order valence-corrected chi connectivity index (χ2v) is 3.02. The van der Waals surface area contributed by atoms with E-state index in [0.717, 1.165) is 6.08 Å². The summed E-state index contributed by atoms with van der Waals surface area (Å²) >= 11 is 0. The van der Waals surface area contributed by atoms with Gasteiger partial charge in [-0.2, -0.15) is 4.39 Å². The molecule has 0 aliphatic rings. The molecule has 0 bridgehead atoms. The molecule has 6 nitrogen and oxygen atoms in total. The summed E-state index contributed by atoms with van der Waals surface area (Å²) < 4.78 is 11.7. The van der Waals surface area contributed by atoms with E-state index >= 15 is 0 Å². The predicted octanol–water partition coefficient (Wildman–Crippen LogP) is -0.653. The van der Waals surface area contributed by atoms with Gasteiger partial charge in [0.15, 0.2) is 0 Å². The molecular formula is C9H13FN2O4. The van der Waals surface area contributed by atoms with Crippen LogP contribution in [0.2, 0.25) is 0 Å². The van der Waals surface area contributed by atoms with E-state index in [9.17, 15) is 18.8 Å². The Kier molecular flexibility index (Phi) is 6.69. The number of aliphatic carboxylic acids is 1. The van der Waals surface area contributed by atoms with E-state index < -0.39 is 24.0 Å². The Balaban J connectivity index is 3.63. The molecule has 90 valence electrons. The summed E-state index contributed by atoms with van der Waals surface area (Å²) in [5.74, 6) is -1.72. The summed E-state index contributed by atoms with van der Waals surface area (Å²) in [7, 11) is 0. The molecule has 1 amide bonds. The third-order valence-electron chi connectivity index (χ3n) is 1.67. The number of hydrogen-bond donors (Lipinski definition) is 3. The normalized spacial score (nSPS) is 12.4. The molecule has 0 radical (unpaired) electrons. The standard InChI is InChI=1S/C9H13FN2O4/c10-7(13)3-4-8(14)12-5-1-2-6(11)9(15)16/h3-4,6H,1-2,5,11H2,(H,12,14)(H,15,16)/b4-3+/t6-/m1/s1. The van der Waals surface area contributed by atoms with Gasteiger partial charge in [-0.05, 0) is 12.8 Å². The fraction of sp³-hybridized carbons (Fsp3) is 0.444. The number of amides is 1. The van der Waals surface area contributed by atoms with Crippen molar-refractivity contribution >= 4 is 17.9 Å². The maximum Gasteiger partial charge on any atom is 0.325 e. The number of nitrogens with two attached hydrogens (primary N) is 1. The first kappa shape index (κ1) is 14.2. The van der Waals surface area contributed by atoms with Crippen LogP contribution in [0.15, 0.2) is 12.2 Å². The lowest BCUT2D eigenvalue weighted by Crippen LogP contribution is -2.31. The molecule has 1 atom stereocenters. The second kappa shape index (κ2) is 7.52. The van der Waals surface area contributed by atoms with Crippen LogP contribution < -0.4 is 11.1 Å². The third kappa shape index (κ3) is 7.63. The van der Waals surface area contributed by atoms with Gasteiger partial charge in [-0.15, -0.1) is 0 Å². The number of carbonyl (C=O) groups is 3. The Morgan fingerprint density at radius 1 is 1.38 bits per heavy atom. The van der Waals surface area contributed by atoms with Crippen molar-refractivity contribution in [3.63, 3.8) is 0 Å². The predicted molar refractivity (Wildman–Crippen MR) is 53.1 cm³/mol. The molecule has 16 heavy (non-hydrogen) atoms. The summed E-state index contributed by atoms with van der Waals surface area (Å²) in [6.45, 7) is 0.213. The molecule has 0 heterocycles. The highest BCUT2D eigenvalue weighted by molar-refractivity contribution is 5.94. The molecule has 4 N–H and O–H groups in total. The lowest BCUT2D eigenvalue weighted by Gasteiger charge is -2.05. The zero-order chi connectivity index (χ0) is 12.6. The van der Waals surface area contributed by atoms with Crippen LogP contribution in [-0.4, -0.2) is 35.6 Å². The Morgan fingerprint density at radius 2 is 2.00 bits per heavy atom. The van der Waals surface area contributed by atoms with Gasteiger partial charge in [0.1, 0.15) is 6.04 Å². The van der Waals surface area contributed by atoms with Gasteiger partial charge < -0.3 is 16.2 Å². The number of allylic oxidation sites excluding steroid dienone is 1. The molecular weight excluding hydrogens is 219 g/mol. The van der Waals surface area contributed by atoms with Gasteiger partial charge in [-0.25, -0.2) is 0 Å². The van der Waals surface area contributed by atoms with Gasteiger partial charge in [0.2, 0.25) is 5.91 Å². The van der Waals surface area contributed by atoms with Crippen molar-refractivity contribution in [2.45, 2.75) is 18.9 Å². The number of nitrogens with one attached hydrogen (secondary N) is 1. The van der Waals surface area contributed by atoms with Crippen LogP contribution >= 0.6 is 0 Å². The van der Waals surface area contributed by atoms with Gasteiger partial charge in [-0.3, -0.25) is 14.4 Å². The number of carboxylic acids is 1. The fourth-order valence-electron chi connectivity index (χ4n) is 0.857. The zero-order valence-corrected chi connectivity index (χ0v) is 8.48. The summed E-state index contributed by atoms with van der Waals surface area (Å²) in [5, 5.41) is 10.8. The van der Waals surface area contributed by atoms with Gasteiger partial charge >= 0.3 is 12.0 Å². The topological polar surface area (TPSA) is 109 Å². The minimum absolute atomic E-state index is 0.213. The quantitative estimate of drug-likeness (QED) is 0.307. The number of carbonyl (C=O) groups excluding carboxylic acids is 2. The first-order valence-corrected chi connectivity index (χ1v) is 4.57. The molecule has 0 spiro atoms. The molecule has 0 aliphatic carbocycles. The van der Waals surface area contributed by atoms with E-state index in [2.05, 4.69) is 5.32 Å². The third-order valence-corrected chi connectivity index (χ3v) is 1.67. The van der Waals surface area contributed by atoms with Gasteiger partial charge in [0.05, 0.1) is 0 Å². The monoisotopic (exact) mass is 232 g/mol. The smallest absolute Gasteiger partial charge is 0.325 e. The Bertz CT molecular complexity index is 304. The molecule has 0 fully saturated rings. The average molecular weight is 232 g/mol. The molecule has 0 saturated carbocycles. The summed E-state index contributed by atoms with van der Waals surface area (Å²) in [6.07, 6.45) is 1.87. The Hall–Kier alpha value is -1.76. The molecule has 0 aromatic carbocycles. The molecule has 0 aromatic heterocycles. The van der Waals surface area contributed by atoms with Crippen LogP contribution in [0.1, 0.15) is 12.8 Å². The number of halogens is 1. The van der Waals surface area contributed by atoms with Crippen molar-refractivity contribution in [3.8, 4) is 0 Å². The van der Waals surface area contributed by atoms with E-state index in [4.69, 9.17) is 10.8 Å². The highest BCUT2D eigenvalue weighted by Crippen LogP contribution is 1.93. The Labute approximate surface area is 91.3 Å². The van der Waals surface area contributed by atoms with E-state index in [1.54, 1.807) is 0 Å². The molecule has 0 unspecified atom stereocenters. The lowest BCUT2D eigenvalue weighted by molar-refractivity contribution is -0.138. The van der Waals surface area contributed by atoms with Crippen molar-refractivity contribution in [2.24, 2.45) is 5.73 Å². The molecule has 0 aromatic rings. The van der Waals surface area contributed by atoms with Crippen molar-refractivity contribution in [3.05, 3.63) is 12.2 Å². The van der Waals surface area contributed by atoms with Crippen LogP contribution in [0, 0.1) is 0 Å². The maximum atomic E-state index is 11.7. The SMILES string of the molecule is N[C@H](CCCNC(=O)/C=C/C(=O)F)C(=O)O.